The van der Waals surface area contributed by atoms with Crippen molar-refractivity contribution >= 4 is 16.9 Å². The molecule has 0 unspecified atom stereocenters. The van der Waals surface area contributed by atoms with Gasteiger partial charge < -0.3 is 19.3 Å². The zero-order chi connectivity index (χ0) is 15.4. The number of hydrogen-bond acceptors (Lipinski definition) is 5. The minimum atomic E-state index is -0.674. The third kappa shape index (κ3) is 3.49. The lowest BCUT2D eigenvalue weighted by atomic mass is 10.1. The molecule has 114 valence electrons. The molecule has 0 radical (unpaired) electrons. The molecule has 0 N–H and O–H groups in total. The van der Waals surface area contributed by atoms with Crippen LogP contribution in [0.2, 0.25) is 0 Å². The molecule has 0 saturated heterocycles. The average molecular weight is 298 g/mol. The van der Waals surface area contributed by atoms with E-state index < -0.39 is 6.16 Å². The summed E-state index contributed by atoms with van der Waals surface area (Å²) in [5.74, 6) is 0.490. The minimum absolute atomic E-state index is 0.296. The Morgan fingerprint density at radius 3 is 2.73 bits per heavy atom. The molecule has 5 heteroatoms. The predicted octanol–water partition coefficient (Wildman–Crippen LogP) is 3.03. The smallest absolute Gasteiger partial charge is 0.432 e. The lowest BCUT2D eigenvalue weighted by Gasteiger charge is -2.17. The lowest BCUT2D eigenvalue weighted by molar-refractivity contribution is 0.0908. The fraction of sp³-hybridized carbons (Fsp3) is 0.235. The van der Waals surface area contributed by atoms with E-state index in [1.807, 2.05) is 60.7 Å². The highest BCUT2D eigenvalue weighted by Crippen LogP contribution is 2.20. The first kappa shape index (κ1) is 14.3. The second kappa shape index (κ2) is 6.39. The van der Waals surface area contributed by atoms with E-state index in [1.54, 1.807) is 6.07 Å². The zero-order valence-electron chi connectivity index (χ0n) is 12.4. The Morgan fingerprint density at radius 1 is 1.14 bits per heavy atom. The summed E-state index contributed by atoms with van der Waals surface area (Å²) in [4.78, 5) is 15.8. The van der Waals surface area contributed by atoms with Crippen LogP contribution in [0.15, 0.2) is 54.9 Å². The van der Waals surface area contributed by atoms with E-state index in [2.05, 4.69) is 4.90 Å². The number of nitrogens with zero attached hydrogens (tertiary/aromatic N) is 2. The fourth-order valence-corrected chi connectivity index (χ4v) is 2.34. The van der Waals surface area contributed by atoms with Gasteiger partial charge in [0.25, 0.3) is 0 Å². The second-order valence-electron chi connectivity index (χ2n) is 5.22. The molecule has 22 heavy (non-hydrogen) atoms. The van der Waals surface area contributed by atoms with E-state index in [0.29, 0.717) is 18.9 Å². The van der Waals surface area contributed by atoms with E-state index in [0.717, 1.165) is 17.4 Å². The number of carbonyl (C=O) groups is 1. The maximum Gasteiger partial charge on any atom is 0.513 e. The van der Waals surface area contributed by atoms with Crippen LogP contribution in [0.5, 0.6) is 5.75 Å². The molecule has 0 saturated carbocycles. The van der Waals surface area contributed by atoms with Gasteiger partial charge in [0.05, 0.1) is 13.2 Å². The molecule has 0 amide bonds. The normalized spacial score (nSPS) is 13.7. The average Bonchev–Trinajstić information content (AvgIpc) is 2.92. The molecule has 5 nitrogen and oxygen atoms in total. The van der Waals surface area contributed by atoms with Crippen LogP contribution < -0.4 is 4.74 Å². The molecule has 0 aromatic heterocycles. The van der Waals surface area contributed by atoms with E-state index in [1.165, 1.54) is 0 Å². The summed E-state index contributed by atoms with van der Waals surface area (Å²) >= 11 is 0. The maximum absolute atomic E-state index is 11.7. The van der Waals surface area contributed by atoms with Gasteiger partial charge in [0.15, 0.2) is 0 Å². The third-order valence-electron chi connectivity index (χ3n) is 3.46. The lowest BCUT2D eigenvalue weighted by Crippen LogP contribution is -2.27. The van der Waals surface area contributed by atoms with E-state index in [9.17, 15) is 4.79 Å². The molecule has 0 bridgehead atoms. The first-order valence-corrected chi connectivity index (χ1v) is 7.17. The SMILES string of the molecule is CN1C=CN(CCOC(=O)Oc2ccc3ccccc3c2)C1. The van der Waals surface area contributed by atoms with Crippen molar-refractivity contribution in [1.29, 1.82) is 0 Å². The molecule has 0 atom stereocenters. The number of rotatable bonds is 4. The number of benzene rings is 2. The molecule has 1 heterocycles. The van der Waals surface area contributed by atoms with Gasteiger partial charge in [-0.05, 0) is 22.9 Å². The van der Waals surface area contributed by atoms with Gasteiger partial charge in [-0.2, -0.15) is 0 Å². The Labute approximate surface area is 129 Å². The summed E-state index contributed by atoms with van der Waals surface area (Å²) in [5, 5.41) is 2.13. The van der Waals surface area contributed by atoms with Crippen LogP contribution >= 0.6 is 0 Å². The highest BCUT2D eigenvalue weighted by molar-refractivity contribution is 5.84. The minimum Gasteiger partial charge on any atom is -0.432 e. The summed E-state index contributed by atoms with van der Waals surface area (Å²) in [6.45, 7) is 1.75. The number of carbonyl (C=O) groups excluding carboxylic acids is 1. The Balaban J connectivity index is 1.49. The van der Waals surface area contributed by atoms with Gasteiger partial charge in [-0.15, -0.1) is 0 Å². The Kier molecular flexibility index (Phi) is 4.14. The standard InChI is InChI=1S/C17H18N2O3/c1-18-8-9-19(13-18)10-11-21-17(20)22-16-7-6-14-4-2-3-5-15(14)12-16/h2-9,12H,10-11,13H2,1H3. The topological polar surface area (TPSA) is 42.0 Å². The summed E-state index contributed by atoms with van der Waals surface area (Å²) < 4.78 is 10.3. The van der Waals surface area contributed by atoms with Gasteiger partial charge in [0.1, 0.15) is 12.4 Å². The molecule has 2 aromatic rings. The summed E-state index contributed by atoms with van der Waals surface area (Å²) in [6.07, 6.45) is 3.28. The van der Waals surface area contributed by atoms with Crippen LogP contribution in [0.4, 0.5) is 4.79 Å². The summed E-state index contributed by atoms with van der Waals surface area (Å²) in [7, 11) is 1.99. The first-order valence-electron chi connectivity index (χ1n) is 7.17. The van der Waals surface area contributed by atoms with E-state index in [4.69, 9.17) is 9.47 Å². The van der Waals surface area contributed by atoms with E-state index in [-0.39, 0.29) is 0 Å². The first-order chi connectivity index (χ1) is 10.7. The monoisotopic (exact) mass is 298 g/mol. The predicted molar refractivity (Wildman–Crippen MR) is 84.4 cm³/mol. The van der Waals surface area contributed by atoms with Crippen LogP contribution in [0.25, 0.3) is 10.8 Å². The van der Waals surface area contributed by atoms with Gasteiger partial charge in [-0.3, -0.25) is 0 Å². The van der Waals surface area contributed by atoms with Crippen LogP contribution in [-0.2, 0) is 4.74 Å². The Morgan fingerprint density at radius 2 is 1.95 bits per heavy atom. The quantitative estimate of drug-likeness (QED) is 0.641. The van der Waals surface area contributed by atoms with Crippen molar-refractivity contribution in [2.45, 2.75) is 0 Å². The third-order valence-corrected chi connectivity index (χ3v) is 3.46. The maximum atomic E-state index is 11.7. The largest absolute Gasteiger partial charge is 0.513 e. The molecule has 0 aliphatic carbocycles. The fourth-order valence-electron chi connectivity index (χ4n) is 2.34. The highest BCUT2D eigenvalue weighted by Gasteiger charge is 2.10. The van der Waals surface area contributed by atoms with Crippen molar-refractivity contribution < 1.29 is 14.3 Å². The van der Waals surface area contributed by atoms with Gasteiger partial charge in [0.2, 0.25) is 0 Å². The second-order valence-corrected chi connectivity index (χ2v) is 5.22. The van der Waals surface area contributed by atoms with Crippen molar-refractivity contribution in [1.82, 2.24) is 9.80 Å². The molecule has 1 aliphatic rings. The number of hydrogen-bond donors (Lipinski definition) is 0. The van der Waals surface area contributed by atoms with Gasteiger partial charge in [-0.1, -0.05) is 30.3 Å². The van der Waals surface area contributed by atoms with Crippen molar-refractivity contribution in [3.8, 4) is 5.75 Å². The molecule has 1 aliphatic heterocycles. The summed E-state index contributed by atoms with van der Waals surface area (Å²) in [6, 6.07) is 13.4. The highest BCUT2D eigenvalue weighted by atomic mass is 16.7. The molecular formula is C17H18N2O3. The van der Waals surface area contributed by atoms with Crippen LogP contribution in [-0.4, -0.2) is 42.8 Å². The Bertz CT molecular complexity index is 699. The van der Waals surface area contributed by atoms with Crippen molar-refractivity contribution in [3.63, 3.8) is 0 Å². The van der Waals surface area contributed by atoms with Crippen LogP contribution in [0, 0.1) is 0 Å². The van der Waals surface area contributed by atoms with Crippen LogP contribution in [0.3, 0.4) is 0 Å². The van der Waals surface area contributed by atoms with Gasteiger partial charge in [-0.25, -0.2) is 4.79 Å². The van der Waals surface area contributed by atoms with E-state index >= 15 is 0 Å². The molecular weight excluding hydrogens is 280 g/mol. The molecule has 0 spiro atoms. The van der Waals surface area contributed by atoms with Gasteiger partial charge >= 0.3 is 6.16 Å². The number of fused-ring (bicyclic) bond motifs is 1. The van der Waals surface area contributed by atoms with Crippen molar-refractivity contribution in [3.05, 3.63) is 54.9 Å². The van der Waals surface area contributed by atoms with Crippen LogP contribution in [0.1, 0.15) is 0 Å². The molecule has 3 rings (SSSR count). The molecule has 2 aromatic carbocycles. The van der Waals surface area contributed by atoms with Crippen molar-refractivity contribution in [2.24, 2.45) is 0 Å². The molecule has 0 fully saturated rings. The summed E-state index contributed by atoms with van der Waals surface area (Å²) in [5.41, 5.74) is 0. The zero-order valence-corrected chi connectivity index (χ0v) is 12.4. The van der Waals surface area contributed by atoms with Gasteiger partial charge in [0, 0.05) is 19.4 Å². The van der Waals surface area contributed by atoms with Crippen molar-refractivity contribution in [2.75, 3.05) is 26.9 Å². The Hall–Kier alpha value is -2.69. The number of ether oxygens (including phenoxy) is 2.